The first-order valence-corrected chi connectivity index (χ1v) is 8.41. The maximum absolute atomic E-state index is 12.5. The van der Waals surface area contributed by atoms with Crippen LogP contribution in [-0.2, 0) is 11.3 Å². The van der Waals surface area contributed by atoms with Gasteiger partial charge in [0.2, 0.25) is 0 Å². The van der Waals surface area contributed by atoms with E-state index in [0.29, 0.717) is 17.8 Å². The fraction of sp³-hybridized carbons (Fsp3) is 0.562. The number of amides is 2. The van der Waals surface area contributed by atoms with Gasteiger partial charge in [0.15, 0.2) is 0 Å². The molecular formula is C16H24N2O2S. The van der Waals surface area contributed by atoms with Crippen LogP contribution in [0.5, 0.6) is 0 Å². The smallest absolute Gasteiger partial charge is 0.321 e. The molecule has 1 saturated heterocycles. The van der Waals surface area contributed by atoms with Crippen molar-refractivity contribution < 1.29 is 9.53 Å². The molecule has 4 nitrogen and oxygen atoms in total. The van der Waals surface area contributed by atoms with Crippen LogP contribution in [0.1, 0.15) is 19.4 Å². The van der Waals surface area contributed by atoms with Crippen molar-refractivity contribution in [3.8, 4) is 0 Å². The van der Waals surface area contributed by atoms with Crippen molar-refractivity contribution in [2.24, 2.45) is 5.92 Å². The van der Waals surface area contributed by atoms with Crippen molar-refractivity contribution in [1.82, 2.24) is 4.90 Å². The highest BCUT2D eigenvalue weighted by Gasteiger charge is 2.26. The number of carbonyl (C=O) groups excluding carboxylic acids is 1. The van der Waals surface area contributed by atoms with Crippen LogP contribution in [-0.4, -0.2) is 42.1 Å². The first kappa shape index (κ1) is 16.2. The van der Waals surface area contributed by atoms with Crippen molar-refractivity contribution >= 4 is 23.5 Å². The Bertz CT molecular complexity index is 479. The van der Waals surface area contributed by atoms with Gasteiger partial charge in [-0.15, -0.1) is 0 Å². The van der Waals surface area contributed by atoms with Crippen LogP contribution in [0.3, 0.4) is 0 Å². The predicted octanol–water partition coefficient (Wildman–Crippen LogP) is 3.44. The quantitative estimate of drug-likeness (QED) is 0.926. The van der Waals surface area contributed by atoms with Gasteiger partial charge >= 0.3 is 6.03 Å². The molecule has 1 aromatic rings. The molecule has 1 aromatic carbocycles. The fourth-order valence-corrected chi connectivity index (χ4v) is 3.68. The molecule has 1 fully saturated rings. The Hall–Kier alpha value is -1.20. The summed E-state index contributed by atoms with van der Waals surface area (Å²) >= 11 is 1.97. The highest BCUT2D eigenvalue weighted by molar-refractivity contribution is 8.00. The van der Waals surface area contributed by atoms with E-state index in [1.165, 1.54) is 0 Å². The van der Waals surface area contributed by atoms with Crippen LogP contribution in [0.15, 0.2) is 24.3 Å². The predicted molar refractivity (Wildman–Crippen MR) is 88.8 cm³/mol. The van der Waals surface area contributed by atoms with Gasteiger partial charge in [0.25, 0.3) is 0 Å². The average molecular weight is 308 g/mol. The normalized spacial score (nSPS) is 18.9. The van der Waals surface area contributed by atoms with Crippen LogP contribution < -0.4 is 5.32 Å². The van der Waals surface area contributed by atoms with Gasteiger partial charge in [-0.1, -0.05) is 32.0 Å². The van der Waals surface area contributed by atoms with Gasteiger partial charge in [0.1, 0.15) is 0 Å². The number of benzene rings is 1. The van der Waals surface area contributed by atoms with E-state index in [9.17, 15) is 4.79 Å². The third kappa shape index (κ3) is 4.38. The summed E-state index contributed by atoms with van der Waals surface area (Å²) in [4.78, 5) is 14.4. The third-order valence-corrected chi connectivity index (χ3v) is 5.22. The van der Waals surface area contributed by atoms with E-state index in [2.05, 4.69) is 19.2 Å². The number of anilines is 1. The molecule has 1 N–H and O–H groups in total. The molecule has 21 heavy (non-hydrogen) atoms. The van der Waals surface area contributed by atoms with Crippen LogP contribution in [0.2, 0.25) is 0 Å². The van der Waals surface area contributed by atoms with Crippen LogP contribution >= 0.6 is 11.8 Å². The second-order valence-electron chi connectivity index (χ2n) is 5.62. The highest BCUT2D eigenvalue weighted by Crippen LogP contribution is 2.25. The lowest BCUT2D eigenvalue weighted by Gasteiger charge is -2.34. The highest BCUT2D eigenvalue weighted by atomic mass is 32.2. The number of urea groups is 1. The lowest BCUT2D eigenvalue weighted by molar-refractivity contribution is 0.185. The number of thioether (sulfide) groups is 1. The van der Waals surface area contributed by atoms with Crippen molar-refractivity contribution in [2.75, 3.05) is 31.3 Å². The molecule has 0 radical (unpaired) electrons. The molecule has 1 atom stereocenters. The van der Waals surface area contributed by atoms with Crippen molar-refractivity contribution in [3.05, 3.63) is 29.8 Å². The zero-order chi connectivity index (χ0) is 15.2. The fourth-order valence-electron chi connectivity index (χ4n) is 2.38. The van der Waals surface area contributed by atoms with Crippen molar-refractivity contribution in [2.45, 2.75) is 25.7 Å². The second kappa shape index (κ2) is 7.71. The molecule has 1 aliphatic heterocycles. The number of rotatable bonds is 4. The Kier molecular flexibility index (Phi) is 5.94. The molecule has 1 unspecified atom stereocenters. The van der Waals surface area contributed by atoms with Crippen molar-refractivity contribution in [1.29, 1.82) is 0 Å². The van der Waals surface area contributed by atoms with Crippen molar-refractivity contribution in [3.63, 3.8) is 0 Å². The summed E-state index contributed by atoms with van der Waals surface area (Å²) in [6.45, 7) is 6.56. The molecule has 0 spiro atoms. The lowest BCUT2D eigenvalue weighted by atomic mass is 10.1. The summed E-state index contributed by atoms with van der Waals surface area (Å²) in [5.74, 6) is 1.60. The Labute approximate surface area is 131 Å². The molecule has 116 valence electrons. The summed E-state index contributed by atoms with van der Waals surface area (Å²) in [5, 5.41) is 3.55. The molecule has 0 aliphatic carbocycles. The maximum atomic E-state index is 12.5. The zero-order valence-electron chi connectivity index (χ0n) is 13.0. The maximum Gasteiger partial charge on any atom is 0.321 e. The largest absolute Gasteiger partial charge is 0.380 e. The average Bonchev–Trinajstić information content (AvgIpc) is 2.49. The van der Waals surface area contributed by atoms with E-state index < -0.39 is 0 Å². The second-order valence-corrected chi connectivity index (χ2v) is 6.97. The number of hydrogen-bond donors (Lipinski definition) is 1. The molecule has 5 heteroatoms. The van der Waals surface area contributed by atoms with Crippen LogP contribution in [0, 0.1) is 5.92 Å². The summed E-state index contributed by atoms with van der Waals surface area (Å²) in [7, 11) is 1.66. The van der Waals surface area contributed by atoms with Gasteiger partial charge in [-0.05, 0) is 12.0 Å². The number of para-hydroxylation sites is 1. The number of hydrogen-bond acceptors (Lipinski definition) is 3. The van der Waals surface area contributed by atoms with Gasteiger partial charge in [0, 0.05) is 42.5 Å². The monoisotopic (exact) mass is 308 g/mol. The number of nitrogens with one attached hydrogen (secondary N) is 1. The minimum Gasteiger partial charge on any atom is -0.380 e. The van der Waals surface area contributed by atoms with Crippen LogP contribution in [0.25, 0.3) is 0 Å². The first-order chi connectivity index (χ1) is 10.1. The molecule has 2 amide bonds. The van der Waals surface area contributed by atoms with Gasteiger partial charge in [-0.2, -0.15) is 11.8 Å². The lowest BCUT2D eigenvalue weighted by Crippen LogP contribution is -2.45. The zero-order valence-corrected chi connectivity index (χ0v) is 13.8. The Balaban J connectivity index is 2.01. The number of methoxy groups -OCH3 is 1. The topological polar surface area (TPSA) is 41.6 Å². The summed E-state index contributed by atoms with van der Waals surface area (Å²) in [5.41, 5.74) is 1.84. The summed E-state index contributed by atoms with van der Waals surface area (Å²) in [6.07, 6.45) is 0. The minimum atomic E-state index is -0.00972. The van der Waals surface area contributed by atoms with Gasteiger partial charge in [-0.3, -0.25) is 0 Å². The number of nitrogens with zero attached hydrogens (tertiary/aromatic N) is 1. The number of ether oxygens (including phenoxy) is 1. The molecule has 0 saturated carbocycles. The van der Waals surface area contributed by atoms with E-state index in [1.807, 2.05) is 40.9 Å². The molecule has 0 bridgehead atoms. The van der Waals surface area contributed by atoms with E-state index >= 15 is 0 Å². The third-order valence-electron chi connectivity index (χ3n) is 3.68. The molecule has 2 rings (SSSR count). The molecule has 1 aliphatic rings. The van der Waals surface area contributed by atoms with E-state index in [4.69, 9.17) is 4.74 Å². The Morgan fingerprint density at radius 3 is 2.95 bits per heavy atom. The standard InChI is InChI=1S/C16H24N2O2S/c1-12(2)15-10-18(8-9-21-15)16(19)17-14-7-5-4-6-13(14)11-20-3/h4-7,12,15H,8-11H2,1-3H3,(H,17,19). The van der Waals surface area contributed by atoms with Gasteiger partial charge in [0.05, 0.1) is 6.61 Å². The SMILES string of the molecule is COCc1ccccc1NC(=O)N1CCSC(C(C)C)C1. The Morgan fingerprint density at radius 1 is 1.48 bits per heavy atom. The number of carbonyl (C=O) groups is 1. The molecular weight excluding hydrogens is 284 g/mol. The van der Waals surface area contributed by atoms with Gasteiger partial charge in [-0.25, -0.2) is 4.79 Å². The molecule has 1 heterocycles. The van der Waals surface area contributed by atoms with E-state index in [1.54, 1.807) is 7.11 Å². The minimum absolute atomic E-state index is 0.00972. The van der Waals surface area contributed by atoms with Gasteiger partial charge < -0.3 is 15.0 Å². The van der Waals surface area contributed by atoms with Crippen LogP contribution in [0.4, 0.5) is 10.5 Å². The Morgan fingerprint density at radius 2 is 2.24 bits per heavy atom. The molecule has 0 aromatic heterocycles. The first-order valence-electron chi connectivity index (χ1n) is 7.36. The van der Waals surface area contributed by atoms with E-state index in [-0.39, 0.29) is 6.03 Å². The van der Waals surface area contributed by atoms with E-state index in [0.717, 1.165) is 30.1 Å². The summed E-state index contributed by atoms with van der Waals surface area (Å²) in [6, 6.07) is 7.77. The summed E-state index contributed by atoms with van der Waals surface area (Å²) < 4.78 is 5.18.